The van der Waals surface area contributed by atoms with Gasteiger partial charge in [-0.3, -0.25) is 0 Å². The van der Waals surface area contributed by atoms with E-state index in [4.69, 9.17) is 26.4 Å². The topological polar surface area (TPSA) is 94.6 Å². The zero-order valence-electron chi connectivity index (χ0n) is 31.5. The highest BCUT2D eigenvalue weighted by atomic mass is 32.1. The third kappa shape index (κ3) is 10.6. The number of aromatic amines is 1. The lowest BCUT2D eigenvalue weighted by Crippen LogP contribution is -2.35. The number of benzene rings is 2. The van der Waals surface area contributed by atoms with Crippen molar-refractivity contribution >= 4 is 35.2 Å². The summed E-state index contributed by atoms with van der Waals surface area (Å²) in [6.45, 7) is 8.36. The van der Waals surface area contributed by atoms with E-state index in [1.807, 2.05) is 47.9 Å². The van der Waals surface area contributed by atoms with Crippen LogP contribution < -0.4 is 10.1 Å². The molecule has 0 fully saturated rings. The second-order valence-electron chi connectivity index (χ2n) is 13.5. The van der Waals surface area contributed by atoms with E-state index in [-0.39, 0.29) is 19.8 Å². The molecule has 0 saturated heterocycles. The molecular weight excluding hydrogens is 659 g/mol. The van der Waals surface area contributed by atoms with E-state index in [1.165, 1.54) is 70.6 Å². The first-order chi connectivity index (χ1) is 24.9. The van der Waals surface area contributed by atoms with Crippen LogP contribution in [-0.4, -0.2) is 41.8 Å². The van der Waals surface area contributed by atoms with Crippen molar-refractivity contribution in [3.63, 3.8) is 0 Å². The van der Waals surface area contributed by atoms with Crippen LogP contribution in [0, 0.1) is 4.77 Å². The van der Waals surface area contributed by atoms with Crippen LogP contribution >= 0.6 is 12.2 Å². The van der Waals surface area contributed by atoms with E-state index in [2.05, 4.69) is 23.3 Å². The summed E-state index contributed by atoms with van der Waals surface area (Å²) in [5.41, 5.74) is 5.62. The van der Waals surface area contributed by atoms with Gasteiger partial charge >= 0.3 is 11.9 Å². The summed E-state index contributed by atoms with van der Waals surface area (Å²) in [7, 11) is 1.63. The SMILES string of the molecule is CCCCCCCCCCCCCCCc1cccc(OC)c1C1C(C(=O)OCC)=C(C)NC(Cn2c(=S)[nH]c3ccccc32)=C1C(=O)OCC. The Labute approximate surface area is 310 Å². The maximum absolute atomic E-state index is 14.1. The first-order valence-electron chi connectivity index (χ1n) is 19.2. The molecule has 8 nitrogen and oxygen atoms in total. The number of aromatic nitrogens is 2. The number of esters is 2. The van der Waals surface area contributed by atoms with E-state index in [1.54, 1.807) is 21.0 Å². The van der Waals surface area contributed by atoms with Gasteiger partial charge in [-0.05, 0) is 69.6 Å². The standard InChI is InChI=1S/C42H59N3O5S/c1-6-9-10-11-12-13-14-15-16-17-18-19-20-24-31-25-23-28-35(48-5)37(31)39-36(40(46)49-7-2)30(4)43-33(38(39)41(47)50-8-3)29-45-34-27-22-21-26-32(34)44-42(45)51/h21-23,25-28,39,43H,6-20,24,29H2,1-5H3,(H,44,51). The lowest BCUT2D eigenvalue weighted by Gasteiger charge is -2.33. The number of nitrogens with one attached hydrogen (secondary N) is 2. The molecule has 9 heteroatoms. The lowest BCUT2D eigenvalue weighted by molar-refractivity contribution is -0.139. The fourth-order valence-electron chi connectivity index (χ4n) is 7.31. The maximum Gasteiger partial charge on any atom is 0.336 e. The van der Waals surface area contributed by atoms with Crippen molar-refractivity contribution in [1.82, 2.24) is 14.9 Å². The Morgan fingerprint density at radius 3 is 1.96 bits per heavy atom. The summed E-state index contributed by atoms with van der Waals surface area (Å²) in [6.07, 6.45) is 17.5. The average molecular weight is 718 g/mol. The number of hydrogen-bond donors (Lipinski definition) is 2. The second kappa shape index (κ2) is 20.9. The fourth-order valence-corrected chi connectivity index (χ4v) is 7.58. The van der Waals surface area contributed by atoms with Crippen molar-refractivity contribution < 1.29 is 23.8 Å². The first-order valence-corrected chi connectivity index (χ1v) is 19.6. The summed E-state index contributed by atoms with van der Waals surface area (Å²) in [5, 5.41) is 3.41. The molecule has 0 aliphatic carbocycles. The van der Waals surface area contributed by atoms with Crippen LogP contribution in [0.3, 0.4) is 0 Å². The molecule has 0 bridgehead atoms. The van der Waals surface area contributed by atoms with Gasteiger partial charge in [0.1, 0.15) is 5.75 Å². The third-order valence-corrected chi connectivity index (χ3v) is 10.2. The van der Waals surface area contributed by atoms with Gasteiger partial charge in [0.05, 0.1) is 55.0 Å². The van der Waals surface area contributed by atoms with Gasteiger partial charge in [-0.1, -0.05) is 108 Å². The minimum absolute atomic E-state index is 0.185. The Balaban J connectivity index is 1.63. The van der Waals surface area contributed by atoms with Gasteiger partial charge < -0.3 is 29.1 Å². The molecule has 0 amide bonds. The van der Waals surface area contributed by atoms with Crippen LogP contribution in [-0.2, 0) is 32.0 Å². The molecule has 1 atom stereocenters. The summed E-state index contributed by atoms with van der Waals surface area (Å²) in [4.78, 5) is 31.2. The number of rotatable bonds is 22. The average Bonchev–Trinajstić information content (AvgIpc) is 3.44. The monoisotopic (exact) mass is 717 g/mol. The van der Waals surface area contributed by atoms with E-state index < -0.39 is 17.9 Å². The number of H-pyrrole nitrogens is 1. The summed E-state index contributed by atoms with van der Waals surface area (Å²) < 4.78 is 19.8. The zero-order chi connectivity index (χ0) is 36.6. The molecule has 2 aromatic carbocycles. The van der Waals surface area contributed by atoms with Gasteiger partial charge in [0.2, 0.25) is 0 Å². The van der Waals surface area contributed by atoms with Gasteiger partial charge in [0, 0.05) is 17.0 Å². The number of hydrogen-bond acceptors (Lipinski definition) is 7. The third-order valence-electron chi connectivity index (χ3n) is 9.85. The molecule has 2 N–H and O–H groups in total. The number of methoxy groups -OCH3 is 1. The van der Waals surface area contributed by atoms with E-state index in [9.17, 15) is 9.59 Å². The molecule has 0 spiro atoms. The van der Waals surface area contributed by atoms with Crippen molar-refractivity contribution in [2.45, 2.75) is 130 Å². The number of fused-ring (bicyclic) bond motifs is 1. The summed E-state index contributed by atoms with van der Waals surface area (Å²) in [5.74, 6) is -1.13. The van der Waals surface area contributed by atoms with Crippen molar-refractivity contribution in [2.24, 2.45) is 0 Å². The first kappa shape index (κ1) is 39.9. The van der Waals surface area contributed by atoms with E-state index in [0.717, 1.165) is 41.4 Å². The highest BCUT2D eigenvalue weighted by Gasteiger charge is 2.41. The molecule has 1 unspecified atom stereocenters. The number of para-hydroxylation sites is 2. The Hall–Kier alpha value is -3.85. The molecule has 1 aliphatic rings. The van der Waals surface area contributed by atoms with Crippen LogP contribution in [0.1, 0.15) is 128 Å². The second-order valence-corrected chi connectivity index (χ2v) is 13.9. The molecular formula is C42H59N3O5S. The number of unbranched alkanes of at least 4 members (excludes halogenated alkanes) is 12. The number of nitrogens with zero attached hydrogens (tertiary/aromatic N) is 1. The number of carbonyl (C=O) groups excluding carboxylic acids is 2. The van der Waals surface area contributed by atoms with Crippen LogP contribution in [0.25, 0.3) is 11.0 Å². The fraction of sp³-hybridized carbons (Fsp3) is 0.548. The van der Waals surface area contributed by atoms with Crippen molar-refractivity contribution in [1.29, 1.82) is 0 Å². The van der Waals surface area contributed by atoms with Gasteiger partial charge in [-0.2, -0.15) is 0 Å². The van der Waals surface area contributed by atoms with Crippen molar-refractivity contribution in [2.75, 3.05) is 20.3 Å². The number of imidazole rings is 1. The number of carbonyl (C=O) groups is 2. The number of dihydropyridines is 1. The molecule has 3 aromatic rings. The summed E-state index contributed by atoms with van der Waals surface area (Å²) in [6, 6.07) is 13.9. The minimum Gasteiger partial charge on any atom is -0.496 e. The highest BCUT2D eigenvalue weighted by molar-refractivity contribution is 7.71. The maximum atomic E-state index is 14.1. The predicted octanol–water partition coefficient (Wildman–Crippen LogP) is 10.4. The van der Waals surface area contributed by atoms with Crippen LogP contribution in [0.2, 0.25) is 0 Å². The number of allylic oxidation sites excluding steroid dienone is 2. The van der Waals surface area contributed by atoms with E-state index in [0.29, 0.717) is 33.1 Å². The Morgan fingerprint density at radius 1 is 0.765 bits per heavy atom. The summed E-state index contributed by atoms with van der Waals surface area (Å²) >= 11 is 5.75. The molecule has 1 aromatic heterocycles. The van der Waals surface area contributed by atoms with E-state index >= 15 is 0 Å². The smallest absolute Gasteiger partial charge is 0.336 e. The quantitative estimate of drug-likeness (QED) is 0.0607. The highest BCUT2D eigenvalue weighted by Crippen LogP contribution is 2.45. The number of aryl methyl sites for hydroxylation is 1. The van der Waals surface area contributed by atoms with Crippen LogP contribution in [0.4, 0.5) is 0 Å². The largest absolute Gasteiger partial charge is 0.496 e. The van der Waals surface area contributed by atoms with Gasteiger partial charge in [0.25, 0.3) is 0 Å². The lowest BCUT2D eigenvalue weighted by atomic mass is 9.77. The zero-order valence-corrected chi connectivity index (χ0v) is 32.4. The Kier molecular flexibility index (Phi) is 16.3. The van der Waals surface area contributed by atoms with Gasteiger partial charge in [-0.15, -0.1) is 0 Å². The molecule has 0 saturated carbocycles. The Morgan fingerprint density at radius 2 is 1.35 bits per heavy atom. The Bertz CT molecular complexity index is 1720. The molecule has 1 aliphatic heterocycles. The molecule has 278 valence electrons. The molecule has 4 rings (SSSR count). The molecule has 2 heterocycles. The molecule has 0 radical (unpaired) electrons. The molecule has 51 heavy (non-hydrogen) atoms. The van der Waals surface area contributed by atoms with Crippen LogP contribution in [0.5, 0.6) is 5.75 Å². The predicted molar refractivity (Wildman–Crippen MR) is 208 cm³/mol. The van der Waals surface area contributed by atoms with Crippen molar-refractivity contribution in [3.05, 3.63) is 80.9 Å². The van der Waals surface area contributed by atoms with Crippen LogP contribution in [0.15, 0.2) is 65.0 Å². The van der Waals surface area contributed by atoms with Gasteiger partial charge in [-0.25, -0.2) is 9.59 Å². The number of ether oxygens (including phenoxy) is 3. The van der Waals surface area contributed by atoms with Crippen molar-refractivity contribution in [3.8, 4) is 5.75 Å². The normalized spacial score (nSPS) is 14.6. The van der Waals surface area contributed by atoms with Gasteiger partial charge in [0.15, 0.2) is 4.77 Å². The minimum atomic E-state index is -0.771.